The van der Waals surface area contributed by atoms with Crippen molar-refractivity contribution in [2.75, 3.05) is 19.8 Å². The predicted molar refractivity (Wildman–Crippen MR) is 130 cm³/mol. The number of aliphatic hydroxyl groups is 1. The predicted octanol–water partition coefficient (Wildman–Crippen LogP) is 3.43. The topological polar surface area (TPSA) is 125 Å². The number of hydrogen-bond acceptors (Lipinski definition) is 5. The molecule has 8 heteroatoms. The minimum atomic E-state index is -1.38. The van der Waals surface area contributed by atoms with E-state index in [9.17, 15) is 24.6 Å². The number of ether oxygens (including phenoxy) is 1. The summed E-state index contributed by atoms with van der Waals surface area (Å²) in [6.07, 6.45) is 4.00. The summed E-state index contributed by atoms with van der Waals surface area (Å²) in [5.41, 5.74) is 3.58. The smallest absolute Gasteiger partial charge is 0.407 e. The van der Waals surface area contributed by atoms with E-state index in [1.807, 2.05) is 36.4 Å². The van der Waals surface area contributed by atoms with Crippen molar-refractivity contribution in [1.29, 1.82) is 0 Å². The van der Waals surface area contributed by atoms with Crippen molar-refractivity contribution in [3.8, 4) is 11.1 Å². The summed E-state index contributed by atoms with van der Waals surface area (Å²) in [5.74, 6) is -1.82. The van der Waals surface area contributed by atoms with Gasteiger partial charge in [0.2, 0.25) is 5.91 Å². The molecule has 4 N–H and O–H groups in total. The molecule has 0 unspecified atom stereocenters. The second-order valence-corrected chi connectivity index (χ2v) is 9.42. The fourth-order valence-electron chi connectivity index (χ4n) is 5.28. The van der Waals surface area contributed by atoms with Gasteiger partial charge in [-0.25, -0.2) is 9.59 Å². The summed E-state index contributed by atoms with van der Waals surface area (Å²) in [4.78, 5) is 37.1. The summed E-state index contributed by atoms with van der Waals surface area (Å²) in [7, 11) is 0. The normalized spacial score (nSPS) is 17.4. The molecule has 0 spiro atoms. The second kappa shape index (κ2) is 10.9. The molecule has 35 heavy (non-hydrogen) atoms. The van der Waals surface area contributed by atoms with E-state index in [2.05, 4.69) is 22.8 Å². The standard InChI is InChI=1S/C27H32N2O6/c30-15-23(24(31)32)29-25(33)27(13-7-1-2-8-14-27)17-28-26(34)35-16-22-20-11-5-3-9-18(20)19-10-4-6-12-21(19)22/h3-6,9-12,22-23,30H,1-2,7-8,13-17H2,(H,28,34)(H,29,33)(H,31,32)/t23-/m0/s1. The molecule has 0 bridgehead atoms. The van der Waals surface area contributed by atoms with Gasteiger partial charge in [-0.3, -0.25) is 4.79 Å². The van der Waals surface area contributed by atoms with Crippen molar-refractivity contribution in [3.05, 3.63) is 59.7 Å². The average molecular weight is 481 g/mol. The molecule has 1 atom stereocenters. The molecule has 2 amide bonds. The van der Waals surface area contributed by atoms with E-state index in [4.69, 9.17) is 4.74 Å². The lowest BCUT2D eigenvalue weighted by Gasteiger charge is -2.32. The van der Waals surface area contributed by atoms with Gasteiger partial charge in [-0.1, -0.05) is 74.2 Å². The summed E-state index contributed by atoms with van der Waals surface area (Å²) in [6, 6.07) is 14.8. The Kier molecular flexibility index (Phi) is 7.70. The fraction of sp³-hybridized carbons (Fsp3) is 0.444. The van der Waals surface area contributed by atoms with Crippen LogP contribution in [-0.2, 0) is 14.3 Å². The number of amides is 2. The van der Waals surface area contributed by atoms with Crippen LogP contribution in [0.4, 0.5) is 4.79 Å². The van der Waals surface area contributed by atoms with Crippen LogP contribution in [-0.4, -0.2) is 54.0 Å². The number of alkyl carbamates (subject to hydrolysis) is 1. The number of aliphatic hydroxyl groups excluding tert-OH is 1. The van der Waals surface area contributed by atoms with Gasteiger partial charge in [-0.2, -0.15) is 0 Å². The number of nitrogens with one attached hydrogen (secondary N) is 2. The van der Waals surface area contributed by atoms with Crippen LogP contribution in [0, 0.1) is 5.41 Å². The SMILES string of the molecule is O=C(NCC1(C(=O)N[C@@H](CO)C(=O)O)CCCCCC1)OCC1c2ccccc2-c2ccccc21. The summed E-state index contributed by atoms with van der Waals surface area (Å²) < 4.78 is 5.61. The van der Waals surface area contributed by atoms with E-state index in [0.717, 1.165) is 47.9 Å². The highest BCUT2D eigenvalue weighted by Crippen LogP contribution is 2.44. The number of fused-ring (bicyclic) bond motifs is 3. The number of carbonyl (C=O) groups excluding carboxylic acids is 2. The maximum Gasteiger partial charge on any atom is 0.407 e. The van der Waals surface area contributed by atoms with Gasteiger partial charge >= 0.3 is 12.1 Å². The van der Waals surface area contributed by atoms with Crippen molar-refractivity contribution >= 4 is 18.0 Å². The number of carbonyl (C=O) groups is 3. The van der Waals surface area contributed by atoms with Crippen LogP contribution in [0.25, 0.3) is 11.1 Å². The Morgan fingerprint density at radius 3 is 2.06 bits per heavy atom. The Morgan fingerprint density at radius 1 is 0.943 bits per heavy atom. The first-order valence-electron chi connectivity index (χ1n) is 12.2. The van der Waals surface area contributed by atoms with Crippen LogP contribution in [0.15, 0.2) is 48.5 Å². The molecule has 0 aromatic heterocycles. The van der Waals surface area contributed by atoms with Crippen molar-refractivity contribution < 1.29 is 29.3 Å². The largest absolute Gasteiger partial charge is 0.480 e. The van der Waals surface area contributed by atoms with E-state index in [-0.39, 0.29) is 19.1 Å². The van der Waals surface area contributed by atoms with Gasteiger partial charge in [0, 0.05) is 12.5 Å². The van der Waals surface area contributed by atoms with E-state index in [1.54, 1.807) is 0 Å². The highest BCUT2D eigenvalue weighted by atomic mass is 16.5. The molecule has 0 saturated heterocycles. The lowest BCUT2D eigenvalue weighted by atomic mass is 9.79. The lowest BCUT2D eigenvalue weighted by molar-refractivity contribution is -0.145. The number of benzene rings is 2. The molecule has 186 valence electrons. The zero-order chi connectivity index (χ0) is 24.8. The first-order valence-corrected chi connectivity index (χ1v) is 12.2. The van der Waals surface area contributed by atoms with Gasteiger partial charge in [0.25, 0.3) is 0 Å². The molecule has 2 aliphatic rings. The molecular weight excluding hydrogens is 448 g/mol. The summed E-state index contributed by atoms with van der Waals surface area (Å²) in [5, 5.41) is 23.8. The minimum Gasteiger partial charge on any atom is -0.480 e. The number of hydrogen-bond donors (Lipinski definition) is 4. The van der Waals surface area contributed by atoms with Gasteiger partial charge < -0.3 is 25.6 Å². The zero-order valence-corrected chi connectivity index (χ0v) is 19.7. The van der Waals surface area contributed by atoms with Gasteiger partial charge in [-0.05, 0) is 35.1 Å². The maximum absolute atomic E-state index is 13.1. The van der Waals surface area contributed by atoms with E-state index in [1.165, 1.54) is 0 Å². The van der Waals surface area contributed by atoms with E-state index in [0.29, 0.717) is 12.8 Å². The molecule has 0 heterocycles. The Hall–Kier alpha value is -3.39. The van der Waals surface area contributed by atoms with Crippen LogP contribution in [0.3, 0.4) is 0 Å². The molecule has 2 aliphatic carbocycles. The van der Waals surface area contributed by atoms with Crippen molar-refractivity contribution in [2.45, 2.75) is 50.5 Å². The molecule has 1 fully saturated rings. The molecule has 2 aromatic carbocycles. The lowest BCUT2D eigenvalue weighted by Crippen LogP contribution is -2.53. The third-order valence-corrected chi connectivity index (χ3v) is 7.24. The number of rotatable bonds is 8. The van der Waals surface area contributed by atoms with Gasteiger partial charge in [0.15, 0.2) is 0 Å². The minimum absolute atomic E-state index is 0.0489. The Labute approximate surface area is 204 Å². The molecule has 0 radical (unpaired) electrons. The fourth-order valence-corrected chi connectivity index (χ4v) is 5.28. The van der Waals surface area contributed by atoms with Crippen molar-refractivity contribution in [3.63, 3.8) is 0 Å². The highest BCUT2D eigenvalue weighted by molar-refractivity contribution is 5.88. The second-order valence-electron chi connectivity index (χ2n) is 9.42. The average Bonchev–Trinajstić information content (AvgIpc) is 3.00. The quantitative estimate of drug-likeness (QED) is 0.429. The summed E-state index contributed by atoms with van der Waals surface area (Å²) in [6.45, 7) is -0.477. The molecule has 1 saturated carbocycles. The number of carboxylic acids is 1. The third kappa shape index (κ3) is 5.32. The van der Waals surface area contributed by atoms with Crippen molar-refractivity contribution in [1.82, 2.24) is 10.6 Å². The van der Waals surface area contributed by atoms with Crippen LogP contribution >= 0.6 is 0 Å². The molecular formula is C27H32N2O6. The zero-order valence-electron chi connectivity index (χ0n) is 19.7. The van der Waals surface area contributed by atoms with E-state index >= 15 is 0 Å². The first kappa shape index (κ1) is 24.7. The number of aliphatic carboxylic acids is 1. The highest BCUT2D eigenvalue weighted by Gasteiger charge is 2.40. The third-order valence-electron chi connectivity index (χ3n) is 7.24. The van der Waals surface area contributed by atoms with E-state index < -0.39 is 36.0 Å². The van der Waals surface area contributed by atoms with Gasteiger partial charge in [0.05, 0.1) is 12.0 Å². The first-order chi connectivity index (χ1) is 16.9. The van der Waals surface area contributed by atoms with Gasteiger partial charge in [-0.15, -0.1) is 0 Å². The molecule has 0 aliphatic heterocycles. The Bertz CT molecular complexity index is 1030. The molecule has 4 rings (SSSR count). The monoisotopic (exact) mass is 480 g/mol. The molecule has 2 aromatic rings. The van der Waals surface area contributed by atoms with Crippen LogP contribution < -0.4 is 10.6 Å². The number of carboxylic acid groups (broad SMARTS) is 1. The molecule has 8 nitrogen and oxygen atoms in total. The Balaban J connectivity index is 1.41. The van der Waals surface area contributed by atoms with Crippen LogP contribution in [0.2, 0.25) is 0 Å². The van der Waals surface area contributed by atoms with Gasteiger partial charge in [0.1, 0.15) is 12.6 Å². The maximum atomic E-state index is 13.1. The van der Waals surface area contributed by atoms with Crippen LogP contribution in [0.1, 0.15) is 55.6 Å². The van der Waals surface area contributed by atoms with Crippen LogP contribution in [0.5, 0.6) is 0 Å². The van der Waals surface area contributed by atoms with Crippen molar-refractivity contribution in [2.24, 2.45) is 5.41 Å². The Morgan fingerprint density at radius 2 is 1.51 bits per heavy atom. The summed E-state index contributed by atoms with van der Waals surface area (Å²) >= 11 is 0.